The summed E-state index contributed by atoms with van der Waals surface area (Å²) in [4.78, 5) is 11.4. The van der Waals surface area contributed by atoms with E-state index in [0.29, 0.717) is 12.5 Å². The highest BCUT2D eigenvalue weighted by Crippen LogP contribution is 2.10. The van der Waals surface area contributed by atoms with Crippen molar-refractivity contribution in [2.24, 2.45) is 5.92 Å². The Kier molecular flexibility index (Phi) is 6.58. The number of hydrogen-bond acceptors (Lipinski definition) is 1. The lowest BCUT2D eigenvalue weighted by molar-refractivity contribution is 0.240. The highest BCUT2D eigenvalue weighted by molar-refractivity contribution is 6.30. The molecule has 3 nitrogen and oxygen atoms in total. The second kappa shape index (κ2) is 7.98. The summed E-state index contributed by atoms with van der Waals surface area (Å²) in [5, 5.41) is 6.40. The lowest BCUT2D eigenvalue weighted by atomic mass is 10.1. The second-order valence-electron chi connectivity index (χ2n) is 4.75. The number of amides is 2. The minimum absolute atomic E-state index is 0.0994. The Balaban J connectivity index is 2.15. The van der Waals surface area contributed by atoms with Crippen molar-refractivity contribution < 1.29 is 4.79 Å². The fraction of sp³-hybridized carbons (Fsp3) is 0.500. The summed E-state index contributed by atoms with van der Waals surface area (Å²) in [7, 11) is 0. The largest absolute Gasteiger partial charge is 0.338 e. The van der Waals surface area contributed by atoms with Gasteiger partial charge in [0.05, 0.1) is 0 Å². The highest BCUT2D eigenvalue weighted by Gasteiger charge is 2.00. The number of carbonyl (C=O) groups is 1. The third kappa shape index (κ3) is 6.50. The molecule has 0 radical (unpaired) electrons. The Hall–Kier alpha value is -1.22. The molecule has 100 valence electrons. The maximum atomic E-state index is 11.4. The average Bonchev–Trinajstić information content (AvgIpc) is 2.28. The fourth-order valence-corrected chi connectivity index (χ4v) is 1.76. The van der Waals surface area contributed by atoms with Crippen molar-refractivity contribution in [2.45, 2.75) is 26.7 Å². The van der Waals surface area contributed by atoms with Gasteiger partial charge in [-0.2, -0.15) is 0 Å². The molecule has 1 rings (SSSR count). The lowest BCUT2D eigenvalue weighted by Crippen LogP contribution is -2.37. The summed E-state index contributed by atoms with van der Waals surface area (Å²) in [6.07, 6.45) is 1.79. The van der Waals surface area contributed by atoms with Gasteiger partial charge in [-0.3, -0.25) is 0 Å². The summed E-state index contributed by atoms with van der Waals surface area (Å²) in [6.45, 7) is 5.62. The van der Waals surface area contributed by atoms with Crippen LogP contribution in [-0.4, -0.2) is 19.1 Å². The Bertz CT molecular complexity index is 380. The van der Waals surface area contributed by atoms with E-state index in [9.17, 15) is 4.79 Å². The van der Waals surface area contributed by atoms with Crippen LogP contribution in [0.5, 0.6) is 0 Å². The number of halogens is 1. The van der Waals surface area contributed by atoms with Crippen LogP contribution in [0.25, 0.3) is 0 Å². The van der Waals surface area contributed by atoms with Gasteiger partial charge >= 0.3 is 6.03 Å². The van der Waals surface area contributed by atoms with E-state index in [0.717, 1.165) is 30.0 Å². The quantitative estimate of drug-likeness (QED) is 0.817. The van der Waals surface area contributed by atoms with Crippen molar-refractivity contribution in [2.75, 3.05) is 13.1 Å². The van der Waals surface area contributed by atoms with Crippen LogP contribution in [-0.2, 0) is 6.42 Å². The first-order valence-electron chi connectivity index (χ1n) is 6.34. The minimum Gasteiger partial charge on any atom is -0.338 e. The first kappa shape index (κ1) is 14.8. The first-order chi connectivity index (χ1) is 8.58. The van der Waals surface area contributed by atoms with Crippen LogP contribution in [0.2, 0.25) is 5.02 Å². The molecule has 0 fully saturated rings. The normalized spacial score (nSPS) is 10.4. The van der Waals surface area contributed by atoms with E-state index in [1.807, 2.05) is 24.3 Å². The molecule has 2 N–H and O–H groups in total. The Morgan fingerprint density at radius 1 is 1.28 bits per heavy atom. The molecule has 0 atom stereocenters. The topological polar surface area (TPSA) is 41.1 Å². The first-order valence-corrected chi connectivity index (χ1v) is 6.72. The van der Waals surface area contributed by atoms with Crippen LogP contribution in [0.4, 0.5) is 4.79 Å². The van der Waals surface area contributed by atoms with E-state index in [2.05, 4.69) is 24.5 Å². The standard InChI is InChI=1S/C14H21ClN2O/c1-11(2)6-8-16-14(18)17-9-7-12-4-3-5-13(15)10-12/h3-5,10-11H,6-9H2,1-2H3,(H2,16,17,18). The zero-order valence-electron chi connectivity index (χ0n) is 11.0. The van der Waals surface area contributed by atoms with Gasteiger partial charge in [-0.25, -0.2) is 4.79 Å². The zero-order chi connectivity index (χ0) is 13.4. The van der Waals surface area contributed by atoms with Gasteiger partial charge in [0.1, 0.15) is 0 Å². The van der Waals surface area contributed by atoms with Crippen LogP contribution < -0.4 is 10.6 Å². The number of nitrogens with one attached hydrogen (secondary N) is 2. The van der Waals surface area contributed by atoms with Gasteiger partial charge in [-0.1, -0.05) is 37.6 Å². The number of urea groups is 1. The predicted molar refractivity (Wildman–Crippen MR) is 76.0 cm³/mol. The van der Waals surface area contributed by atoms with Crippen LogP contribution >= 0.6 is 11.6 Å². The summed E-state index contributed by atoms with van der Waals surface area (Å²) in [5.41, 5.74) is 1.13. The van der Waals surface area contributed by atoms with Crippen molar-refractivity contribution >= 4 is 17.6 Å². The van der Waals surface area contributed by atoms with E-state index in [1.54, 1.807) is 0 Å². The molecule has 0 heterocycles. The van der Waals surface area contributed by atoms with Gasteiger partial charge in [0.2, 0.25) is 0 Å². The van der Waals surface area contributed by atoms with E-state index >= 15 is 0 Å². The molecule has 0 saturated heterocycles. The van der Waals surface area contributed by atoms with Crippen molar-refractivity contribution in [3.63, 3.8) is 0 Å². The molecule has 18 heavy (non-hydrogen) atoms. The fourth-order valence-electron chi connectivity index (χ4n) is 1.55. The maximum Gasteiger partial charge on any atom is 0.314 e. The molecule has 0 saturated carbocycles. The zero-order valence-corrected chi connectivity index (χ0v) is 11.8. The molecular formula is C14H21ClN2O. The SMILES string of the molecule is CC(C)CCNC(=O)NCCc1cccc(Cl)c1. The van der Waals surface area contributed by atoms with Gasteiger partial charge in [0, 0.05) is 18.1 Å². The molecule has 1 aromatic rings. The Labute approximate surface area is 114 Å². The molecule has 0 spiro atoms. The second-order valence-corrected chi connectivity index (χ2v) is 5.18. The predicted octanol–water partition coefficient (Wildman–Crippen LogP) is 3.23. The van der Waals surface area contributed by atoms with Gasteiger partial charge in [0.15, 0.2) is 0 Å². The van der Waals surface area contributed by atoms with Crippen molar-refractivity contribution in [1.82, 2.24) is 10.6 Å². The number of rotatable bonds is 6. The van der Waals surface area contributed by atoms with Crippen LogP contribution in [0.3, 0.4) is 0 Å². The monoisotopic (exact) mass is 268 g/mol. The van der Waals surface area contributed by atoms with Crippen LogP contribution in [0.1, 0.15) is 25.8 Å². The van der Waals surface area contributed by atoms with E-state index < -0.39 is 0 Å². The van der Waals surface area contributed by atoms with Crippen molar-refractivity contribution in [1.29, 1.82) is 0 Å². The van der Waals surface area contributed by atoms with Crippen LogP contribution in [0.15, 0.2) is 24.3 Å². The molecule has 1 aromatic carbocycles. The van der Waals surface area contributed by atoms with E-state index in [1.165, 1.54) is 0 Å². The minimum atomic E-state index is -0.0994. The summed E-state index contributed by atoms with van der Waals surface area (Å²) < 4.78 is 0. The smallest absolute Gasteiger partial charge is 0.314 e. The number of carbonyl (C=O) groups excluding carboxylic acids is 1. The molecule has 0 aliphatic rings. The summed E-state index contributed by atoms with van der Waals surface area (Å²) >= 11 is 5.88. The summed E-state index contributed by atoms with van der Waals surface area (Å²) in [6, 6.07) is 7.58. The highest BCUT2D eigenvalue weighted by atomic mass is 35.5. The number of hydrogen-bond donors (Lipinski definition) is 2. The number of benzene rings is 1. The summed E-state index contributed by atoms with van der Waals surface area (Å²) in [5.74, 6) is 0.608. The molecular weight excluding hydrogens is 248 g/mol. The van der Waals surface area contributed by atoms with Crippen LogP contribution in [0, 0.1) is 5.92 Å². The molecule has 2 amide bonds. The third-order valence-electron chi connectivity index (χ3n) is 2.60. The van der Waals surface area contributed by atoms with Gasteiger partial charge in [-0.05, 0) is 36.5 Å². The Morgan fingerprint density at radius 2 is 2.00 bits per heavy atom. The third-order valence-corrected chi connectivity index (χ3v) is 2.83. The molecule has 0 unspecified atom stereocenters. The van der Waals surface area contributed by atoms with Crippen molar-refractivity contribution in [3.8, 4) is 0 Å². The molecule has 0 aromatic heterocycles. The molecule has 0 aliphatic heterocycles. The van der Waals surface area contributed by atoms with Gasteiger partial charge in [0.25, 0.3) is 0 Å². The lowest BCUT2D eigenvalue weighted by Gasteiger charge is -2.09. The van der Waals surface area contributed by atoms with Gasteiger partial charge < -0.3 is 10.6 Å². The molecule has 0 bridgehead atoms. The molecule has 0 aliphatic carbocycles. The average molecular weight is 269 g/mol. The van der Waals surface area contributed by atoms with Gasteiger partial charge in [-0.15, -0.1) is 0 Å². The molecule has 4 heteroatoms. The maximum absolute atomic E-state index is 11.4. The van der Waals surface area contributed by atoms with Crippen molar-refractivity contribution in [3.05, 3.63) is 34.9 Å². The Morgan fingerprint density at radius 3 is 2.67 bits per heavy atom. The van der Waals surface area contributed by atoms with E-state index in [-0.39, 0.29) is 6.03 Å². The van der Waals surface area contributed by atoms with E-state index in [4.69, 9.17) is 11.6 Å².